The highest BCUT2D eigenvalue weighted by Crippen LogP contribution is 2.13. The molecule has 0 unspecified atom stereocenters. The maximum atomic E-state index is 12.2. The summed E-state index contributed by atoms with van der Waals surface area (Å²) in [6, 6.07) is 11.7. The lowest BCUT2D eigenvalue weighted by Crippen LogP contribution is -2.10. The number of benzene rings is 1. The predicted octanol–water partition coefficient (Wildman–Crippen LogP) is 1.21. The molecule has 0 saturated carbocycles. The van der Waals surface area contributed by atoms with Crippen LogP contribution in [0, 0.1) is 0 Å². The number of Topliss-reactive ketones (excluding diaryl/α,β-unsaturated/α-hetero) is 1. The van der Waals surface area contributed by atoms with E-state index in [-0.39, 0.29) is 12.2 Å². The van der Waals surface area contributed by atoms with Crippen LogP contribution in [0.25, 0.3) is 10.9 Å². The molecule has 0 amide bonds. The van der Waals surface area contributed by atoms with E-state index in [1.165, 1.54) is 0 Å². The lowest BCUT2D eigenvalue weighted by Gasteiger charge is -2.01. The van der Waals surface area contributed by atoms with E-state index in [0.717, 1.165) is 16.6 Å². The van der Waals surface area contributed by atoms with E-state index in [1.807, 2.05) is 36.4 Å². The average Bonchev–Trinajstić information content (AvgIpc) is 2.96. The van der Waals surface area contributed by atoms with Crippen LogP contribution in [0.2, 0.25) is 0 Å². The number of hydrogen-bond donors (Lipinski definition) is 1. The first-order valence-electron chi connectivity index (χ1n) is 6.74. The number of para-hydroxylation sites is 1. The highest BCUT2D eigenvalue weighted by molar-refractivity contribution is 5.95. The zero-order valence-electron chi connectivity index (χ0n) is 11.4. The molecule has 3 aromatic rings. The number of pyridine rings is 1. The van der Waals surface area contributed by atoms with Gasteiger partial charge in [-0.2, -0.15) is 0 Å². The van der Waals surface area contributed by atoms with Gasteiger partial charge >= 0.3 is 0 Å². The van der Waals surface area contributed by atoms with Crippen LogP contribution < -0.4 is 5.73 Å². The minimum atomic E-state index is -0.0962. The van der Waals surface area contributed by atoms with Crippen LogP contribution in [-0.4, -0.2) is 32.3 Å². The van der Waals surface area contributed by atoms with Crippen molar-refractivity contribution in [2.24, 2.45) is 5.73 Å². The number of rotatable bonds is 5. The quantitative estimate of drug-likeness (QED) is 0.710. The molecule has 2 heterocycles. The topological polar surface area (TPSA) is 86.7 Å². The van der Waals surface area contributed by atoms with Gasteiger partial charge in [0.15, 0.2) is 5.78 Å². The molecular weight excluding hydrogens is 266 g/mol. The second kappa shape index (κ2) is 5.80. The van der Waals surface area contributed by atoms with E-state index in [0.29, 0.717) is 18.8 Å². The largest absolute Gasteiger partial charge is 0.329 e. The number of ketones is 1. The van der Waals surface area contributed by atoms with Crippen LogP contribution in [0.4, 0.5) is 0 Å². The van der Waals surface area contributed by atoms with Crippen LogP contribution in [0.3, 0.4) is 0 Å². The summed E-state index contributed by atoms with van der Waals surface area (Å²) >= 11 is 0. The van der Waals surface area contributed by atoms with Gasteiger partial charge in [0.2, 0.25) is 0 Å². The van der Waals surface area contributed by atoms with Crippen molar-refractivity contribution in [2.45, 2.75) is 13.0 Å². The van der Waals surface area contributed by atoms with E-state index >= 15 is 0 Å². The standard InChI is InChI=1S/C15H15N5O/c16-7-8-20-10-14(18-19-20)15(21)9-12-6-5-11-3-1-2-4-13(11)17-12/h1-6,10H,7-9,16H2. The van der Waals surface area contributed by atoms with E-state index in [9.17, 15) is 4.79 Å². The van der Waals surface area contributed by atoms with Gasteiger partial charge in [0.05, 0.1) is 24.7 Å². The minimum absolute atomic E-state index is 0.0962. The molecule has 6 heteroatoms. The van der Waals surface area contributed by atoms with Crippen molar-refractivity contribution in [1.29, 1.82) is 0 Å². The van der Waals surface area contributed by atoms with Crippen molar-refractivity contribution in [1.82, 2.24) is 20.0 Å². The Balaban J connectivity index is 1.78. The van der Waals surface area contributed by atoms with Gasteiger partial charge in [-0.15, -0.1) is 5.10 Å². The molecule has 0 spiro atoms. The van der Waals surface area contributed by atoms with Gasteiger partial charge in [0.25, 0.3) is 0 Å². The highest BCUT2D eigenvalue weighted by atomic mass is 16.1. The molecule has 0 aliphatic heterocycles. The molecule has 0 aliphatic rings. The Morgan fingerprint density at radius 1 is 1.19 bits per heavy atom. The van der Waals surface area contributed by atoms with Gasteiger partial charge in [-0.3, -0.25) is 14.5 Å². The van der Waals surface area contributed by atoms with Gasteiger partial charge in [0.1, 0.15) is 5.69 Å². The first-order chi connectivity index (χ1) is 10.3. The summed E-state index contributed by atoms with van der Waals surface area (Å²) in [6.45, 7) is 1.01. The van der Waals surface area contributed by atoms with Crippen molar-refractivity contribution in [3.63, 3.8) is 0 Å². The van der Waals surface area contributed by atoms with E-state index in [2.05, 4.69) is 15.3 Å². The second-order valence-corrected chi connectivity index (χ2v) is 4.75. The molecule has 1 aromatic carbocycles. The Morgan fingerprint density at radius 2 is 2.05 bits per heavy atom. The monoisotopic (exact) mass is 281 g/mol. The summed E-state index contributed by atoms with van der Waals surface area (Å²) in [5, 5.41) is 8.80. The third-order valence-corrected chi connectivity index (χ3v) is 3.18. The van der Waals surface area contributed by atoms with E-state index < -0.39 is 0 Å². The van der Waals surface area contributed by atoms with Crippen LogP contribution in [0.15, 0.2) is 42.6 Å². The van der Waals surface area contributed by atoms with Crippen LogP contribution in [0.1, 0.15) is 16.2 Å². The predicted molar refractivity (Wildman–Crippen MR) is 78.9 cm³/mol. The maximum absolute atomic E-state index is 12.2. The molecule has 0 bridgehead atoms. The Kier molecular flexibility index (Phi) is 3.70. The molecule has 6 nitrogen and oxygen atoms in total. The fraction of sp³-hybridized carbons (Fsp3) is 0.200. The molecule has 21 heavy (non-hydrogen) atoms. The van der Waals surface area contributed by atoms with Crippen LogP contribution in [0.5, 0.6) is 0 Å². The van der Waals surface area contributed by atoms with Crippen LogP contribution >= 0.6 is 0 Å². The Labute approximate surface area is 121 Å². The summed E-state index contributed by atoms with van der Waals surface area (Å²) in [5.74, 6) is -0.0962. The molecule has 106 valence electrons. The third kappa shape index (κ3) is 2.95. The fourth-order valence-corrected chi connectivity index (χ4v) is 2.13. The number of nitrogens with zero attached hydrogens (tertiary/aromatic N) is 4. The fourth-order valence-electron chi connectivity index (χ4n) is 2.13. The van der Waals surface area contributed by atoms with Gasteiger partial charge < -0.3 is 5.73 Å². The summed E-state index contributed by atoms with van der Waals surface area (Å²) in [6.07, 6.45) is 1.84. The van der Waals surface area contributed by atoms with Crippen LogP contribution in [-0.2, 0) is 13.0 Å². The molecule has 2 N–H and O–H groups in total. The van der Waals surface area contributed by atoms with Gasteiger partial charge in [0, 0.05) is 17.6 Å². The molecular formula is C15H15N5O. The number of carbonyl (C=O) groups is 1. The van der Waals surface area contributed by atoms with Crippen molar-refractivity contribution >= 4 is 16.7 Å². The molecule has 0 aliphatic carbocycles. The summed E-state index contributed by atoms with van der Waals surface area (Å²) in [5.41, 5.74) is 7.40. The first kappa shape index (κ1) is 13.4. The Bertz CT molecular complexity index is 780. The van der Waals surface area contributed by atoms with Crippen molar-refractivity contribution in [3.8, 4) is 0 Å². The second-order valence-electron chi connectivity index (χ2n) is 4.75. The normalized spacial score (nSPS) is 10.9. The number of nitrogens with two attached hydrogens (primary N) is 1. The Morgan fingerprint density at radius 3 is 2.90 bits per heavy atom. The van der Waals surface area contributed by atoms with E-state index in [4.69, 9.17) is 5.73 Å². The highest BCUT2D eigenvalue weighted by Gasteiger charge is 2.12. The summed E-state index contributed by atoms with van der Waals surface area (Å²) in [7, 11) is 0. The number of fused-ring (bicyclic) bond motifs is 1. The average molecular weight is 281 g/mol. The minimum Gasteiger partial charge on any atom is -0.329 e. The zero-order chi connectivity index (χ0) is 14.7. The lowest BCUT2D eigenvalue weighted by atomic mass is 10.1. The summed E-state index contributed by atoms with van der Waals surface area (Å²) in [4.78, 5) is 16.7. The van der Waals surface area contributed by atoms with Gasteiger partial charge in [-0.25, -0.2) is 0 Å². The maximum Gasteiger partial charge on any atom is 0.190 e. The number of carbonyl (C=O) groups excluding carboxylic acids is 1. The smallest absolute Gasteiger partial charge is 0.190 e. The molecule has 0 fully saturated rings. The molecule has 0 saturated heterocycles. The van der Waals surface area contributed by atoms with Gasteiger partial charge in [-0.05, 0) is 12.1 Å². The number of aromatic nitrogens is 4. The molecule has 3 rings (SSSR count). The first-order valence-corrected chi connectivity index (χ1v) is 6.74. The SMILES string of the molecule is NCCn1cc(C(=O)Cc2ccc3ccccc3n2)nn1. The van der Waals surface area contributed by atoms with Crippen molar-refractivity contribution in [3.05, 3.63) is 54.0 Å². The van der Waals surface area contributed by atoms with E-state index in [1.54, 1.807) is 10.9 Å². The third-order valence-electron chi connectivity index (χ3n) is 3.18. The van der Waals surface area contributed by atoms with Crippen molar-refractivity contribution in [2.75, 3.05) is 6.54 Å². The number of hydrogen-bond acceptors (Lipinski definition) is 5. The lowest BCUT2D eigenvalue weighted by molar-refractivity contribution is 0.0987. The van der Waals surface area contributed by atoms with Crippen molar-refractivity contribution < 1.29 is 4.79 Å². The molecule has 0 radical (unpaired) electrons. The van der Waals surface area contributed by atoms with Gasteiger partial charge in [-0.1, -0.05) is 29.5 Å². The summed E-state index contributed by atoms with van der Waals surface area (Å²) < 4.78 is 1.57. The zero-order valence-corrected chi connectivity index (χ0v) is 11.4. The Hall–Kier alpha value is -2.60. The molecule has 2 aromatic heterocycles. The molecule has 0 atom stereocenters.